The second kappa shape index (κ2) is 6.26. The van der Waals surface area contributed by atoms with Gasteiger partial charge in [0.05, 0.1) is 0 Å². The molecule has 1 aromatic rings. The summed E-state index contributed by atoms with van der Waals surface area (Å²) in [6, 6.07) is 3.20. The molecule has 0 aromatic carbocycles. The van der Waals surface area contributed by atoms with Gasteiger partial charge in [-0.05, 0) is 17.5 Å². The number of hydrogen-bond donors (Lipinski definition) is 1. The fourth-order valence-corrected chi connectivity index (χ4v) is 2.71. The van der Waals surface area contributed by atoms with E-state index in [9.17, 15) is 8.42 Å². The Kier molecular flexibility index (Phi) is 5.25. The van der Waals surface area contributed by atoms with Crippen molar-refractivity contribution in [3.8, 4) is 0 Å². The van der Waals surface area contributed by atoms with Gasteiger partial charge >= 0.3 is 0 Å². The van der Waals surface area contributed by atoms with E-state index < -0.39 is 10.0 Å². The SMILES string of the molecule is CCC(C)CN(C)S(=O)(=O)c1ccc(CN)cn1. The highest BCUT2D eigenvalue weighted by Gasteiger charge is 2.23. The number of sulfonamides is 1. The van der Waals surface area contributed by atoms with Crippen molar-refractivity contribution < 1.29 is 8.42 Å². The highest BCUT2D eigenvalue weighted by Crippen LogP contribution is 2.14. The van der Waals surface area contributed by atoms with Crippen LogP contribution < -0.4 is 5.73 Å². The standard InChI is InChI=1S/C12H21N3O2S/c1-4-10(2)9-15(3)18(16,17)12-6-5-11(7-13)8-14-12/h5-6,8,10H,4,7,9,13H2,1-3H3. The van der Waals surface area contributed by atoms with Crippen molar-refractivity contribution in [2.24, 2.45) is 11.7 Å². The Bertz CT molecular complexity index is 471. The summed E-state index contributed by atoms with van der Waals surface area (Å²) in [4.78, 5) is 3.97. The first-order valence-electron chi connectivity index (χ1n) is 6.03. The largest absolute Gasteiger partial charge is 0.326 e. The van der Waals surface area contributed by atoms with Crippen LogP contribution in [-0.2, 0) is 16.6 Å². The van der Waals surface area contributed by atoms with E-state index in [4.69, 9.17) is 5.73 Å². The van der Waals surface area contributed by atoms with Gasteiger partial charge in [-0.15, -0.1) is 0 Å². The highest BCUT2D eigenvalue weighted by molar-refractivity contribution is 7.89. The summed E-state index contributed by atoms with van der Waals surface area (Å²) in [5.41, 5.74) is 6.27. The molecule has 0 bridgehead atoms. The van der Waals surface area contributed by atoms with Crippen LogP contribution in [0.25, 0.3) is 0 Å². The molecule has 0 radical (unpaired) electrons. The van der Waals surface area contributed by atoms with Crippen LogP contribution in [0, 0.1) is 5.92 Å². The van der Waals surface area contributed by atoms with Crippen molar-refractivity contribution in [3.05, 3.63) is 23.9 Å². The number of rotatable bonds is 6. The molecule has 5 nitrogen and oxygen atoms in total. The first-order chi connectivity index (χ1) is 8.41. The lowest BCUT2D eigenvalue weighted by Crippen LogP contribution is -2.31. The van der Waals surface area contributed by atoms with Gasteiger partial charge in [0.15, 0.2) is 5.03 Å². The van der Waals surface area contributed by atoms with Crippen LogP contribution in [0.5, 0.6) is 0 Å². The fourth-order valence-electron chi connectivity index (χ4n) is 1.51. The molecule has 18 heavy (non-hydrogen) atoms. The maximum Gasteiger partial charge on any atom is 0.260 e. The lowest BCUT2D eigenvalue weighted by Gasteiger charge is -2.19. The predicted molar refractivity (Wildman–Crippen MR) is 71.4 cm³/mol. The minimum Gasteiger partial charge on any atom is -0.326 e. The van der Waals surface area contributed by atoms with Gasteiger partial charge in [-0.2, -0.15) is 4.31 Å². The molecule has 0 saturated carbocycles. The molecule has 0 aliphatic carbocycles. The van der Waals surface area contributed by atoms with E-state index in [1.54, 1.807) is 13.1 Å². The molecule has 0 spiro atoms. The third kappa shape index (κ3) is 3.51. The maximum absolute atomic E-state index is 12.2. The van der Waals surface area contributed by atoms with Crippen LogP contribution in [0.1, 0.15) is 25.8 Å². The monoisotopic (exact) mass is 271 g/mol. The van der Waals surface area contributed by atoms with Gasteiger partial charge in [-0.1, -0.05) is 26.3 Å². The van der Waals surface area contributed by atoms with Gasteiger partial charge in [0.1, 0.15) is 0 Å². The van der Waals surface area contributed by atoms with Crippen LogP contribution in [0.3, 0.4) is 0 Å². The summed E-state index contributed by atoms with van der Waals surface area (Å²) in [5.74, 6) is 0.327. The predicted octanol–water partition coefficient (Wildman–Crippen LogP) is 1.21. The Hall–Kier alpha value is -0.980. The van der Waals surface area contributed by atoms with Gasteiger partial charge in [0, 0.05) is 26.3 Å². The number of nitrogens with two attached hydrogens (primary N) is 1. The molecule has 2 N–H and O–H groups in total. The summed E-state index contributed by atoms with van der Waals surface area (Å²) in [6.45, 7) is 4.92. The zero-order chi connectivity index (χ0) is 13.8. The highest BCUT2D eigenvalue weighted by atomic mass is 32.2. The van der Waals surface area contributed by atoms with Gasteiger partial charge in [0.25, 0.3) is 10.0 Å². The zero-order valence-electron chi connectivity index (χ0n) is 11.1. The van der Waals surface area contributed by atoms with E-state index in [0.717, 1.165) is 12.0 Å². The van der Waals surface area contributed by atoms with E-state index in [-0.39, 0.29) is 5.03 Å². The molecule has 1 unspecified atom stereocenters. The Balaban J connectivity index is 2.90. The van der Waals surface area contributed by atoms with Crippen molar-refractivity contribution >= 4 is 10.0 Å². The van der Waals surface area contributed by atoms with Crippen molar-refractivity contribution in [1.82, 2.24) is 9.29 Å². The first-order valence-corrected chi connectivity index (χ1v) is 7.47. The van der Waals surface area contributed by atoms with Gasteiger partial charge in [-0.25, -0.2) is 13.4 Å². The van der Waals surface area contributed by atoms with E-state index in [1.807, 2.05) is 13.8 Å². The van der Waals surface area contributed by atoms with Crippen LogP contribution in [0.2, 0.25) is 0 Å². The average molecular weight is 271 g/mol. The lowest BCUT2D eigenvalue weighted by atomic mass is 10.1. The molecule has 1 atom stereocenters. The molecule has 0 aliphatic rings. The molecule has 0 saturated heterocycles. The summed E-state index contributed by atoms with van der Waals surface area (Å²) in [6.07, 6.45) is 2.45. The van der Waals surface area contributed by atoms with Gasteiger partial charge in [-0.3, -0.25) is 0 Å². The summed E-state index contributed by atoms with van der Waals surface area (Å²) < 4.78 is 25.8. The Labute approximate surface area is 109 Å². The van der Waals surface area contributed by atoms with Crippen molar-refractivity contribution in [1.29, 1.82) is 0 Å². The smallest absolute Gasteiger partial charge is 0.260 e. The average Bonchev–Trinajstić information content (AvgIpc) is 2.38. The molecule has 1 rings (SSSR count). The van der Waals surface area contributed by atoms with E-state index in [0.29, 0.717) is 19.0 Å². The molecular weight excluding hydrogens is 250 g/mol. The van der Waals surface area contributed by atoms with Crippen LogP contribution >= 0.6 is 0 Å². The molecule has 1 aromatic heterocycles. The Morgan fingerprint density at radius 2 is 2.11 bits per heavy atom. The van der Waals surface area contributed by atoms with E-state index in [2.05, 4.69) is 4.98 Å². The van der Waals surface area contributed by atoms with E-state index in [1.165, 1.54) is 16.6 Å². The van der Waals surface area contributed by atoms with E-state index >= 15 is 0 Å². The minimum absolute atomic E-state index is 0.0745. The lowest BCUT2D eigenvalue weighted by molar-refractivity contribution is 0.392. The number of nitrogens with zero attached hydrogens (tertiary/aromatic N) is 2. The molecule has 102 valence electrons. The molecule has 0 fully saturated rings. The summed E-state index contributed by atoms with van der Waals surface area (Å²) in [7, 11) is -1.90. The molecule has 1 heterocycles. The van der Waals surface area contributed by atoms with Crippen LogP contribution in [0.15, 0.2) is 23.4 Å². The van der Waals surface area contributed by atoms with Gasteiger partial charge in [0.2, 0.25) is 0 Å². The maximum atomic E-state index is 12.2. The number of aromatic nitrogens is 1. The fraction of sp³-hybridized carbons (Fsp3) is 0.583. The van der Waals surface area contributed by atoms with Crippen molar-refractivity contribution in [2.45, 2.75) is 31.8 Å². The van der Waals surface area contributed by atoms with Crippen LogP contribution in [0.4, 0.5) is 0 Å². The normalized spacial score (nSPS) is 13.8. The molecule has 0 amide bonds. The van der Waals surface area contributed by atoms with Gasteiger partial charge < -0.3 is 5.73 Å². The van der Waals surface area contributed by atoms with Crippen molar-refractivity contribution in [3.63, 3.8) is 0 Å². The third-order valence-electron chi connectivity index (χ3n) is 2.97. The Morgan fingerprint density at radius 3 is 2.56 bits per heavy atom. The second-order valence-electron chi connectivity index (χ2n) is 4.51. The molecule has 0 aliphatic heterocycles. The molecule has 6 heteroatoms. The summed E-state index contributed by atoms with van der Waals surface area (Å²) in [5, 5.41) is 0.0745. The first kappa shape index (κ1) is 15.1. The topological polar surface area (TPSA) is 76.3 Å². The number of pyridine rings is 1. The molecular formula is C12H21N3O2S. The Morgan fingerprint density at radius 1 is 1.44 bits per heavy atom. The zero-order valence-corrected chi connectivity index (χ0v) is 11.9. The van der Waals surface area contributed by atoms with Crippen molar-refractivity contribution in [2.75, 3.05) is 13.6 Å². The summed E-state index contributed by atoms with van der Waals surface area (Å²) >= 11 is 0. The van der Waals surface area contributed by atoms with Crippen LogP contribution in [-0.4, -0.2) is 31.3 Å². The second-order valence-corrected chi connectivity index (χ2v) is 6.50. The number of hydrogen-bond acceptors (Lipinski definition) is 4. The third-order valence-corrected chi connectivity index (χ3v) is 4.71. The quantitative estimate of drug-likeness (QED) is 0.843. The minimum atomic E-state index is -3.49.